The molecule has 10 heteroatoms. The first kappa shape index (κ1) is 19.4. The number of carbonyl (C=O) groups excluding carboxylic acids is 1. The molecule has 0 saturated carbocycles. The maximum atomic E-state index is 11.8. The lowest BCUT2D eigenvalue weighted by Crippen LogP contribution is -2.27. The minimum atomic E-state index is -0.551. The van der Waals surface area contributed by atoms with Gasteiger partial charge in [0.2, 0.25) is 0 Å². The van der Waals surface area contributed by atoms with E-state index >= 15 is 0 Å². The Bertz CT molecular complexity index is 1100. The fourth-order valence-electron chi connectivity index (χ4n) is 2.14. The molecule has 140 valence electrons. The molecule has 4 aromatic heterocycles. The van der Waals surface area contributed by atoms with Crippen LogP contribution in [0.25, 0.3) is 22.1 Å². The largest absolute Gasteiger partial charge is 0.442 e. The molecular weight excluding hydrogens is 480 g/mol. The first-order valence-corrected chi connectivity index (χ1v) is 9.49. The highest BCUT2D eigenvalue weighted by Gasteiger charge is 2.20. The van der Waals surface area contributed by atoms with Crippen molar-refractivity contribution in [2.75, 3.05) is 0 Å². The summed E-state index contributed by atoms with van der Waals surface area (Å²) < 4.78 is 8.20. The van der Waals surface area contributed by atoms with E-state index < -0.39 is 11.7 Å². The van der Waals surface area contributed by atoms with Crippen molar-refractivity contribution in [1.29, 1.82) is 0 Å². The highest BCUT2D eigenvalue weighted by atomic mass is 79.9. The summed E-state index contributed by atoms with van der Waals surface area (Å²) in [6.07, 6.45) is 6.15. The van der Waals surface area contributed by atoms with Gasteiger partial charge in [-0.3, -0.25) is 5.10 Å². The minimum Gasteiger partial charge on any atom is -0.442 e. The molecular formula is C17H16Br2N6O2. The molecule has 0 aliphatic heterocycles. The number of hydrogen-bond donors (Lipinski definition) is 1. The van der Waals surface area contributed by atoms with Gasteiger partial charge in [0.15, 0.2) is 11.3 Å². The molecule has 0 aromatic carbocycles. The molecule has 1 N–H and O–H groups in total. The van der Waals surface area contributed by atoms with E-state index in [-0.39, 0.29) is 0 Å². The van der Waals surface area contributed by atoms with Crippen LogP contribution in [0.1, 0.15) is 20.8 Å². The number of halogens is 2. The molecule has 8 nitrogen and oxygen atoms in total. The molecule has 0 unspecified atom stereocenters. The Hall–Kier alpha value is -2.33. The molecule has 4 aromatic rings. The van der Waals surface area contributed by atoms with Crippen molar-refractivity contribution in [1.82, 2.24) is 29.9 Å². The Balaban J connectivity index is 0.000000177. The summed E-state index contributed by atoms with van der Waals surface area (Å²) in [6, 6.07) is 3.81. The van der Waals surface area contributed by atoms with Gasteiger partial charge in [-0.1, -0.05) is 0 Å². The van der Waals surface area contributed by atoms with Gasteiger partial charge in [-0.05, 0) is 64.8 Å². The predicted octanol–water partition coefficient (Wildman–Crippen LogP) is 4.70. The topological polar surface area (TPSA) is 98.6 Å². The molecule has 0 spiro atoms. The third-order valence-corrected chi connectivity index (χ3v) is 4.07. The number of rotatable bonds is 0. The number of aromatic nitrogens is 6. The van der Waals surface area contributed by atoms with Crippen LogP contribution in [0.4, 0.5) is 4.79 Å². The number of carbonyl (C=O) groups is 1. The molecule has 0 saturated heterocycles. The van der Waals surface area contributed by atoms with Gasteiger partial charge in [-0.25, -0.2) is 14.8 Å². The highest BCUT2D eigenvalue weighted by Crippen LogP contribution is 2.18. The van der Waals surface area contributed by atoms with Crippen LogP contribution in [-0.4, -0.2) is 41.6 Å². The first-order chi connectivity index (χ1) is 12.7. The number of aromatic amines is 1. The van der Waals surface area contributed by atoms with Crippen molar-refractivity contribution in [3.63, 3.8) is 0 Å². The summed E-state index contributed by atoms with van der Waals surface area (Å²) >= 11 is 6.62. The monoisotopic (exact) mass is 494 g/mol. The molecule has 0 aliphatic rings. The molecule has 4 rings (SSSR count). The number of nitrogens with one attached hydrogen (secondary N) is 1. The highest BCUT2D eigenvalue weighted by molar-refractivity contribution is 9.10. The second-order valence-electron chi connectivity index (χ2n) is 6.56. The fraction of sp³-hybridized carbons (Fsp3) is 0.235. The van der Waals surface area contributed by atoms with Crippen LogP contribution in [-0.2, 0) is 4.74 Å². The van der Waals surface area contributed by atoms with Crippen LogP contribution in [0.15, 0.2) is 45.9 Å². The van der Waals surface area contributed by atoms with Gasteiger partial charge in [0.1, 0.15) is 5.60 Å². The summed E-state index contributed by atoms with van der Waals surface area (Å²) in [6.45, 7) is 5.42. The van der Waals surface area contributed by atoms with Crippen molar-refractivity contribution in [3.05, 3.63) is 45.9 Å². The number of hydrogen-bond acceptors (Lipinski definition) is 6. The number of pyridine rings is 2. The second kappa shape index (κ2) is 7.73. The number of nitrogens with zero attached hydrogens (tertiary/aromatic N) is 5. The zero-order valence-corrected chi connectivity index (χ0v) is 17.9. The lowest BCUT2D eigenvalue weighted by molar-refractivity contribution is 0.0522. The Morgan fingerprint density at radius 3 is 2.41 bits per heavy atom. The van der Waals surface area contributed by atoms with Crippen molar-refractivity contribution < 1.29 is 9.53 Å². The molecule has 0 bridgehead atoms. The van der Waals surface area contributed by atoms with Gasteiger partial charge in [0.05, 0.1) is 12.4 Å². The molecule has 0 atom stereocenters. The summed E-state index contributed by atoms with van der Waals surface area (Å²) in [7, 11) is 0. The zero-order chi connectivity index (χ0) is 19.6. The number of fused-ring (bicyclic) bond motifs is 2. The third-order valence-electron chi connectivity index (χ3n) is 3.20. The smallest absolute Gasteiger partial charge is 0.437 e. The molecule has 0 fully saturated rings. The van der Waals surface area contributed by atoms with Crippen LogP contribution in [0.5, 0.6) is 0 Å². The normalized spacial score (nSPS) is 11.3. The average molecular weight is 496 g/mol. The summed E-state index contributed by atoms with van der Waals surface area (Å²) in [5.41, 5.74) is 0.760. The van der Waals surface area contributed by atoms with Crippen LogP contribution in [0.2, 0.25) is 0 Å². The van der Waals surface area contributed by atoms with Gasteiger partial charge in [0, 0.05) is 32.1 Å². The lowest BCUT2D eigenvalue weighted by atomic mass is 10.2. The predicted molar refractivity (Wildman–Crippen MR) is 108 cm³/mol. The van der Waals surface area contributed by atoms with E-state index in [0.717, 1.165) is 30.0 Å². The van der Waals surface area contributed by atoms with E-state index in [1.165, 1.54) is 0 Å². The van der Waals surface area contributed by atoms with Crippen LogP contribution < -0.4 is 0 Å². The van der Waals surface area contributed by atoms with Gasteiger partial charge >= 0.3 is 6.09 Å². The second-order valence-corrected chi connectivity index (χ2v) is 8.40. The molecule has 0 radical (unpaired) electrons. The van der Waals surface area contributed by atoms with E-state index in [9.17, 15) is 4.79 Å². The van der Waals surface area contributed by atoms with E-state index in [2.05, 4.69) is 57.1 Å². The van der Waals surface area contributed by atoms with Crippen LogP contribution >= 0.6 is 31.9 Å². The maximum Gasteiger partial charge on any atom is 0.437 e. The molecule has 0 amide bonds. The first-order valence-electron chi connectivity index (χ1n) is 7.90. The maximum absolute atomic E-state index is 11.8. The lowest BCUT2D eigenvalue weighted by Gasteiger charge is -2.18. The third kappa shape index (κ3) is 4.89. The average Bonchev–Trinajstić information content (AvgIpc) is 3.19. The standard InChI is InChI=1S/C11H12BrN3O2.C6H4BrN3/c1-11(2,3)17-10(16)15-9-7(5-14-15)4-8(12)6-13-9;7-5-1-4-2-9-10-6(4)8-3-5/h4-6H,1-3H3;1-3H,(H,8,9,10). The van der Waals surface area contributed by atoms with E-state index in [1.54, 1.807) is 45.6 Å². The number of ether oxygens (including phenoxy) is 1. The Kier molecular flexibility index (Phi) is 5.56. The van der Waals surface area contributed by atoms with E-state index in [0.29, 0.717) is 5.65 Å². The van der Waals surface area contributed by atoms with Crippen LogP contribution in [0, 0.1) is 0 Å². The minimum absolute atomic E-state index is 0.488. The quantitative estimate of drug-likeness (QED) is 0.379. The SMILES string of the molecule is Brc1cnc2[nH]ncc2c1.CC(C)(C)OC(=O)n1ncc2cc(Br)cnc21. The van der Waals surface area contributed by atoms with Crippen molar-refractivity contribution in [2.45, 2.75) is 26.4 Å². The molecule has 27 heavy (non-hydrogen) atoms. The van der Waals surface area contributed by atoms with Gasteiger partial charge < -0.3 is 4.74 Å². The Labute approximate surface area is 171 Å². The van der Waals surface area contributed by atoms with E-state index in [1.807, 2.05) is 12.1 Å². The van der Waals surface area contributed by atoms with Crippen molar-refractivity contribution in [3.8, 4) is 0 Å². The Morgan fingerprint density at radius 2 is 1.70 bits per heavy atom. The zero-order valence-electron chi connectivity index (χ0n) is 14.8. The van der Waals surface area contributed by atoms with Gasteiger partial charge in [-0.2, -0.15) is 10.2 Å². The van der Waals surface area contributed by atoms with Crippen LogP contribution in [0.3, 0.4) is 0 Å². The summed E-state index contributed by atoms with van der Waals surface area (Å²) in [5.74, 6) is 0. The van der Waals surface area contributed by atoms with E-state index in [4.69, 9.17) is 4.74 Å². The molecule has 4 heterocycles. The van der Waals surface area contributed by atoms with Crippen molar-refractivity contribution >= 4 is 60.0 Å². The van der Waals surface area contributed by atoms with Crippen molar-refractivity contribution in [2.24, 2.45) is 0 Å². The summed E-state index contributed by atoms with van der Waals surface area (Å²) in [5, 5.41) is 12.4. The Morgan fingerprint density at radius 1 is 1.04 bits per heavy atom. The fourth-order valence-corrected chi connectivity index (χ4v) is 2.84. The van der Waals surface area contributed by atoms with Gasteiger partial charge in [0.25, 0.3) is 0 Å². The molecule has 0 aliphatic carbocycles. The van der Waals surface area contributed by atoms with Gasteiger partial charge in [-0.15, -0.1) is 4.68 Å². The summed E-state index contributed by atoms with van der Waals surface area (Å²) in [4.78, 5) is 20.1. The number of H-pyrrole nitrogens is 1.